The highest BCUT2D eigenvalue weighted by atomic mass is 16.5. The van der Waals surface area contributed by atoms with Crippen LogP contribution in [0.5, 0.6) is 0 Å². The minimum Gasteiger partial charge on any atom is -0.370 e. The van der Waals surface area contributed by atoms with E-state index in [2.05, 4.69) is 50.2 Å². The summed E-state index contributed by atoms with van der Waals surface area (Å²) >= 11 is 0. The summed E-state index contributed by atoms with van der Waals surface area (Å²) < 4.78 is 7.22. The predicted octanol–water partition coefficient (Wildman–Crippen LogP) is 1.90. The van der Waals surface area contributed by atoms with E-state index in [1.165, 1.54) is 27.8 Å². The van der Waals surface area contributed by atoms with Crippen molar-refractivity contribution in [2.75, 3.05) is 39.4 Å². The number of carbonyl (C=O) groups excluding carboxylic acids is 1. The molecule has 176 valence electrons. The summed E-state index contributed by atoms with van der Waals surface area (Å²) in [7, 11) is 0. The minimum atomic E-state index is -0.105. The molecule has 1 aliphatic rings. The summed E-state index contributed by atoms with van der Waals surface area (Å²) in [6.07, 6.45) is 3.40. The van der Waals surface area contributed by atoms with Gasteiger partial charge in [0.15, 0.2) is 5.65 Å². The van der Waals surface area contributed by atoms with Gasteiger partial charge in [-0.3, -0.25) is 4.79 Å². The fourth-order valence-electron chi connectivity index (χ4n) is 4.94. The van der Waals surface area contributed by atoms with Gasteiger partial charge in [0, 0.05) is 30.8 Å². The molecule has 2 aromatic heterocycles. The number of aryl methyl sites for hydroxylation is 5. The zero-order valence-electron chi connectivity index (χ0n) is 20.5. The summed E-state index contributed by atoms with van der Waals surface area (Å²) in [5.41, 5.74) is 9.52. The third kappa shape index (κ3) is 5.09. The fraction of sp³-hybridized carbons (Fsp3) is 0.500. The molecule has 1 amide bonds. The lowest BCUT2D eigenvalue weighted by molar-refractivity contribution is -0.908. The monoisotopic (exact) mass is 450 g/mol. The normalized spacial score (nSPS) is 14.7. The van der Waals surface area contributed by atoms with E-state index in [4.69, 9.17) is 9.72 Å². The van der Waals surface area contributed by atoms with E-state index in [0.29, 0.717) is 17.8 Å². The summed E-state index contributed by atoms with van der Waals surface area (Å²) in [6.45, 7) is 16.0. The molecule has 3 aromatic rings. The SMILES string of the molecule is Cc1cc(C)c(Cc2c(C)nc3c(C(=O)NCCC[NH+]4CCOCC4)cnn3c2C)c(C)c1. The number of amides is 1. The number of nitrogens with one attached hydrogen (secondary N) is 2. The van der Waals surface area contributed by atoms with Crippen molar-refractivity contribution in [1.82, 2.24) is 19.9 Å². The van der Waals surface area contributed by atoms with Crippen LogP contribution in [0.25, 0.3) is 5.65 Å². The molecule has 0 radical (unpaired) electrons. The average molecular weight is 451 g/mol. The first-order chi connectivity index (χ1) is 15.8. The second-order valence-corrected chi connectivity index (χ2v) is 9.33. The molecule has 1 saturated heterocycles. The minimum absolute atomic E-state index is 0.105. The Kier molecular flexibility index (Phi) is 7.10. The smallest absolute Gasteiger partial charge is 0.256 e. The van der Waals surface area contributed by atoms with Crippen LogP contribution in [-0.2, 0) is 11.2 Å². The van der Waals surface area contributed by atoms with Gasteiger partial charge in [-0.2, -0.15) is 5.10 Å². The van der Waals surface area contributed by atoms with Gasteiger partial charge in [-0.05, 0) is 56.9 Å². The molecule has 7 nitrogen and oxygen atoms in total. The van der Waals surface area contributed by atoms with E-state index < -0.39 is 0 Å². The van der Waals surface area contributed by atoms with E-state index in [9.17, 15) is 4.79 Å². The van der Waals surface area contributed by atoms with Crippen LogP contribution in [-0.4, -0.2) is 59.9 Å². The van der Waals surface area contributed by atoms with Crippen molar-refractivity contribution >= 4 is 11.6 Å². The number of quaternary nitrogens is 1. The van der Waals surface area contributed by atoms with Gasteiger partial charge in [-0.15, -0.1) is 0 Å². The highest BCUT2D eigenvalue weighted by molar-refractivity contribution is 5.99. The van der Waals surface area contributed by atoms with Gasteiger partial charge in [-0.1, -0.05) is 17.7 Å². The van der Waals surface area contributed by atoms with Crippen LogP contribution in [0.15, 0.2) is 18.3 Å². The number of morpholine rings is 1. The van der Waals surface area contributed by atoms with Crippen molar-refractivity contribution < 1.29 is 14.4 Å². The second-order valence-electron chi connectivity index (χ2n) is 9.33. The van der Waals surface area contributed by atoms with Gasteiger partial charge in [0.1, 0.15) is 18.7 Å². The number of carbonyl (C=O) groups is 1. The number of nitrogens with zero attached hydrogens (tertiary/aromatic N) is 3. The first-order valence-corrected chi connectivity index (χ1v) is 11.9. The first-order valence-electron chi connectivity index (χ1n) is 11.9. The van der Waals surface area contributed by atoms with E-state index in [-0.39, 0.29) is 5.91 Å². The number of fused-ring (bicyclic) bond motifs is 1. The van der Waals surface area contributed by atoms with Gasteiger partial charge >= 0.3 is 0 Å². The van der Waals surface area contributed by atoms with Gasteiger partial charge in [0.2, 0.25) is 0 Å². The highest BCUT2D eigenvalue weighted by Crippen LogP contribution is 2.24. The Morgan fingerprint density at radius 2 is 1.79 bits per heavy atom. The van der Waals surface area contributed by atoms with E-state index in [1.54, 1.807) is 11.1 Å². The van der Waals surface area contributed by atoms with E-state index in [0.717, 1.165) is 57.1 Å². The van der Waals surface area contributed by atoms with Gasteiger partial charge in [0.25, 0.3) is 5.91 Å². The van der Waals surface area contributed by atoms with Crippen LogP contribution in [0.3, 0.4) is 0 Å². The molecule has 0 aliphatic carbocycles. The molecule has 1 fully saturated rings. The molecule has 0 atom stereocenters. The van der Waals surface area contributed by atoms with Gasteiger partial charge in [-0.25, -0.2) is 9.50 Å². The molecule has 0 saturated carbocycles. The lowest BCUT2D eigenvalue weighted by Crippen LogP contribution is -3.14. The molecule has 2 N–H and O–H groups in total. The zero-order chi connectivity index (χ0) is 23.5. The first kappa shape index (κ1) is 23.4. The lowest BCUT2D eigenvalue weighted by Gasteiger charge is -2.23. The van der Waals surface area contributed by atoms with Crippen LogP contribution in [0.1, 0.15) is 56.0 Å². The molecule has 0 unspecified atom stereocenters. The third-order valence-corrected chi connectivity index (χ3v) is 6.84. The van der Waals surface area contributed by atoms with Gasteiger partial charge in [0.05, 0.1) is 26.0 Å². The quantitative estimate of drug-likeness (QED) is 0.540. The zero-order valence-corrected chi connectivity index (χ0v) is 20.5. The van der Waals surface area contributed by atoms with Crippen molar-refractivity contribution in [2.45, 2.75) is 47.5 Å². The summed E-state index contributed by atoms with van der Waals surface area (Å²) in [5, 5.41) is 7.57. The Bertz CT molecular complexity index is 1140. The summed E-state index contributed by atoms with van der Waals surface area (Å²) in [4.78, 5) is 19.2. The average Bonchev–Trinajstić information content (AvgIpc) is 3.20. The Hall–Kier alpha value is -2.77. The number of ether oxygens (including phenoxy) is 1. The molecular weight excluding hydrogens is 414 g/mol. The summed E-state index contributed by atoms with van der Waals surface area (Å²) in [5.74, 6) is -0.105. The lowest BCUT2D eigenvalue weighted by atomic mass is 9.93. The summed E-state index contributed by atoms with van der Waals surface area (Å²) in [6, 6.07) is 4.46. The van der Waals surface area contributed by atoms with Crippen LogP contribution >= 0.6 is 0 Å². The second kappa shape index (κ2) is 10.0. The Balaban J connectivity index is 1.49. The Morgan fingerprint density at radius 3 is 2.48 bits per heavy atom. The van der Waals surface area contributed by atoms with Crippen molar-refractivity contribution in [1.29, 1.82) is 0 Å². The maximum Gasteiger partial charge on any atom is 0.256 e. The molecule has 7 heteroatoms. The van der Waals surface area contributed by atoms with Crippen molar-refractivity contribution in [2.24, 2.45) is 0 Å². The molecule has 4 rings (SSSR count). The largest absolute Gasteiger partial charge is 0.370 e. The third-order valence-electron chi connectivity index (χ3n) is 6.84. The molecule has 33 heavy (non-hydrogen) atoms. The Labute approximate surface area is 196 Å². The number of aromatic nitrogens is 3. The predicted molar refractivity (Wildman–Crippen MR) is 129 cm³/mol. The van der Waals surface area contributed by atoms with Crippen LogP contribution in [0.2, 0.25) is 0 Å². The topological polar surface area (TPSA) is 73.0 Å². The fourth-order valence-corrected chi connectivity index (χ4v) is 4.94. The highest BCUT2D eigenvalue weighted by Gasteiger charge is 2.19. The molecule has 3 heterocycles. The molecule has 0 spiro atoms. The van der Waals surface area contributed by atoms with Gasteiger partial charge < -0.3 is 15.0 Å². The molecule has 0 bridgehead atoms. The van der Waals surface area contributed by atoms with Crippen molar-refractivity contribution in [3.63, 3.8) is 0 Å². The van der Waals surface area contributed by atoms with Crippen molar-refractivity contribution in [3.05, 3.63) is 63.1 Å². The molecule has 1 aromatic carbocycles. The van der Waals surface area contributed by atoms with Crippen molar-refractivity contribution in [3.8, 4) is 0 Å². The van der Waals surface area contributed by atoms with E-state index in [1.807, 2.05) is 11.4 Å². The molecule has 1 aliphatic heterocycles. The standard InChI is InChI=1S/C26H35N5O2/c1-17-13-18(2)22(19(3)14-17)15-23-20(4)29-25-24(16-28-31(25)21(23)5)26(32)27-7-6-8-30-9-11-33-12-10-30/h13-14,16H,6-12,15H2,1-5H3,(H,27,32)/p+1. The maximum atomic E-state index is 12.9. The van der Waals surface area contributed by atoms with E-state index >= 15 is 0 Å². The number of rotatable bonds is 7. The maximum absolute atomic E-state index is 12.9. The Morgan fingerprint density at radius 1 is 1.09 bits per heavy atom. The van der Waals surface area contributed by atoms with Crippen LogP contribution < -0.4 is 10.2 Å². The van der Waals surface area contributed by atoms with Crippen LogP contribution in [0, 0.1) is 34.6 Å². The molecular formula is C26H36N5O2+. The number of benzene rings is 1. The number of hydrogen-bond donors (Lipinski definition) is 2. The van der Waals surface area contributed by atoms with Crippen LogP contribution in [0.4, 0.5) is 0 Å². The number of hydrogen-bond acceptors (Lipinski definition) is 4.